The van der Waals surface area contributed by atoms with Crippen molar-refractivity contribution < 1.29 is 27.5 Å². The van der Waals surface area contributed by atoms with Crippen molar-refractivity contribution in [1.29, 1.82) is 0 Å². The lowest BCUT2D eigenvalue weighted by atomic mass is 10.0. The third-order valence-corrected chi connectivity index (χ3v) is 10.2. The smallest absolute Gasteiger partial charge is 0.264 e. The van der Waals surface area contributed by atoms with Gasteiger partial charge in [0.2, 0.25) is 11.8 Å². The molecule has 0 aliphatic rings. The van der Waals surface area contributed by atoms with Crippen molar-refractivity contribution in [2.24, 2.45) is 0 Å². The highest BCUT2D eigenvalue weighted by Gasteiger charge is 2.35. The summed E-state index contributed by atoms with van der Waals surface area (Å²) in [5.41, 5.74) is 2.48. The van der Waals surface area contributed by atoms with Crippen molar-refractivity contribution in [3.8, 4) is 11.5 Å². The predicted octanol–water partition coefficient (Wildman–Crippen LogP) is 6.68. The van der Waals surface area contributed by atoms with Crippen LogP contribution >= 0.6 is 23.2 Å². The van der Waals surface area contributed by atoms with E-state index in [-0.39, 0.29) is 40.2 Å². The Balaban J connectivity index is 1.85. The van der Waals surface area contributed by atoms with E-state index in [0.717, 1.165) is 15.4 Å². The predicted molar refractivity (Wildman–Crippen MR) is 190 cm³/mol. The van der Waals surface area contributed by atoms with Gasteiger partial charge in [0.05, 0.1) is 34.8 Å². The molecule has 48 heavy (non-hydrogen) atoms. The normalized spacial score (nSPS) is 11.8. The van der Waals surface area contributed by atoms with Crippen LogP contribution in [-0.4, -0.2) is 58.5 Å². The number of ether oxygens (including phenoxy) is 2. The molecule has 0 spiro atoms. The van der Waals surface area contributed by atoms with Gasteiger partial charge in [-0.1, -0.05) is 84.2 Å². The third kappa shape index (κ3) is 9.00. The molecule has 0 aromatic heterocycles. The van der Waals surface area contributed by atoms with Gasteiger partial charge in [-0.3, -0.25) is 13.9 Å². The molecule has 4 rings (SSSR count). The number of hydrogen-bond acceptors (Lipinski definition) is 6. The van der Waals surface area contributed by atoms with Crippen molar-refractivity contribution in [2.45, 2.75) is 44.2 Å². The molecule has 0 heterocycles. The van der Waals surface area contributed by atoms with E-state index in [1.165, 1.54) is 37.3 Å². The van der Waals surface area contributed by atoms with Crippen LogP contribution < -0.4 is 19.1 Å². The van der Waals surface area contributed by atoms with Crippen LogP contribution in [0.1, 0.15) is 30.0 Å². The molecule has 4 aromatic rings. The Morgan fingerprint density at radius 1 is 0.833 bits per heavy atom. The number of rotatable bonds is 15. The number of sulfonamides is 1. The number of nitrogens with zero attached hydrogens (tertiary/aromatic N) is 2. The van der Waals surface area contributed by atoms with E-state index in [4.69, 9.17) is 32.7 Å². The van der Waals surface area contributed by atoms with E-state index in [2.05, 4.69) is 5.32 Å². The highest BCUT2D eigenvalue weighted by molar-refractivity contribution is 7.92. The molecule has 0 fully saturated rings. The second-order valence-corrected chi connectivity index (χ2v) is 13.8. The molecular weight excluding hydrogens is 673 g/mol. The monoisotopic (exact) mass is 711 g/mol. The number of halogens is 2. The van der Waals surface area contributed by atoms with Gasteiger partial charge in [0.25, 0.3) is 10.0 Å². The second-order valence-electron chi connectivity index (χ2n) is 11.1. The minimum absolute atomic E-state index is 0.00626. The van der Waals surface area contributed by atoms with E-state index in [1.807, 2.05) is 44.2 Å². The summed E-state index contributed by atoms with van der Waals surface area (Å²) in [5.74, 6) is -0.315. The van der Waals surface area contributed by atoms with Crippen LogP contribution in [0.5, 0.6) is 11.5 Å². The number of amides is 2. The second kappa shape index (κ2) is 16.7. The average Bonchev–Trinajstić information content (AvgIpc) is 3.09. The number of hydrogen-bond donors (Lipinski definition) is 1. The van der Waals surface area contributed by atoms with E-state index in [1.54, 1.807) is 42.5 Å². The molecule has 0 aliphatic carbocycles. The molecule has 0 aliphatic heterocycles. The van der Waals surface area contributed by atoms with Gasteiger partial charge in [-0.2, -0.15) is 0 Å². The Morgan fingerprint density at radius 3 is 2.15 bits per heavy atom. The van der Waals surface area contributed by atoms with E-state index in [0.29, 0.717) is 29.3 Å². The lowest BCUT2D eigenvalue weighted by Crippen LogP contribution is -2.53. The Morgan fingerprint density at radius 2 is 1.52 bits per heavy atom. The Labute approximate surface area is 292 Å². The fourth-order valence-electron chi connectivity index (χ4n) is 5.10. The fourth-order valence-corrected chi connectivity index (χ4v) is 6.83. The first kappa shape index (κ1) is 36.6. The molecule has 0 saturated carbocycles. The Kier molecular flexibility index (Phi) is 12.7. The average molecular weight is 713 g/mol. The van der Waals surface area contributed by atoms with Crippen LogP contribution in [0.2, 0.25) is 10.0 Å². The molecule has 0 saturated heterocycles. The summed E-state index contributed by atoms with van der Waals surface area (Å²) in [6.45, 7) is 3.51. The first-order valence-electron chi connectivity index (χ1n) is 15.3. The van der Waals surface area contributed by atoms with Crippen LogP contribution in [0.25, 0.3) is 0 Å². The van der Waals surface area contributed by atoms with Gasteiger partial charge in [0.1, 0.15) is 12.6 Å². The van der Waals surface area contributed by atoms with Gasteiger partial charge in [0.15, 0.2) is 11.5 Å². The van der Waals surface area contributed by atoms with Gasteiger partial charge in [-0.25, -0.2) is 8.42 Å². The molecule has 0 bridgehead atoms. The minimum Gasteiger partial charge on any atom is -0.493 e. The highest BCUT2D eigenvalue weighted by atomic mass is 35.5. The Bertz CT molecular complexity index is 1820. The topological polar surface area (TPSA) is 105 Å². The van der Waals surface area contributed by atoms with Crippen molar-refractivity contribution in [2.75, 3.05) is 31.6 Å². The van der Waals surface area contributed by atoms with Crippen LogP contribution in [0.3, 0.4) is 0 Å². The molecule has 0 unspecified atom stereocenters. The van der Waals surface area contributed by atoms with Crippen molar-refractivity contribution >= 4 is 50.7 Å². The van der Waals surface area contributed by atoms with Crippen molar-refractivity contribution in [1.82, 2.24) is 10.2 Å². The summed E-state index contributed by atoms with van der Waals surface area (Å²) >= 11 is 12.5. The molecule has 2 amide bonds. The van der Waals surface area contributed by atoms with E-state index in [9.17, 15) is 18.0 Å². The maximum absolute atomic E-state index is 14.6. The molecule has 9 nitrogen and oxygen atoms in total. The molecule has 4 aromatic carbocycles. The van der Waals surface area contributed by atoms with Crippen LogP contribution in [-0.2, 0) is 32.6 Å². The molecule has 1 N–H and O–H groups in total. The number of aryl methyl sites for hydroxylation is 1. The van der Waals surface area contributed by atoms with Gasteiger partial charge >= 0.3 is 0 Å². The van der Waals surface area contributed by atoms with E-state index >= 15 is 0 Å². The minimum atomic E-state index is -4.30. The van der Waals surface area contributed by atoms with Crippen LogP contribution in [0.15, 0.2) is 95.9 Å². The standard InChI is InChI=1S/C36H39Cl2N3O6S/c1-5-19-39-36(43)32(21-26-9-7-6-8-10-26)40(23-27-13-17-30(37)31(38)20-27)35(42)24-41(28-14-18-33(46-3)34(22-28)47-4)48(44,45)29-15-11-25(2)12-16-29/h6-18,20,22,32H,5,19,21,23-24H2,1-4H3,(H,39,43)/t32-/m1/s1. The number of anilines is 1. The maximum Gasteiger partial charge on any atom is 0.264 e. The molecule has 12 heteroatoms. The summed E-state index contributed by atoms with van der Waals surface area (Å²) in [4.78, 5) is 29.8. The van der Waals surface area contributed by atoms with Gasteiger partial charge in [-0.05, 0) is 60.9 Å². The summed E-state index contributed by atoms with van der Waals surface area (Å²) in [6, 6.07) is 24.3. The largest absolute Gasteiger partial charge is 0.493 e. The molecular formula is C36H39Cl2N3O6S. The van der Waals surface area contributed by atoms with Gasteiger partial charge in [0, 0.05) is 25.6 Å². The number of benzene rings is 4. The summed E-state index contributed by atoms with van der Waals surface area (Å²) in [5, 5.41) is 3.55. The number of methoxy groups -OCH3 is 2. The van der Waals surface area contributed by atoms with Gasteiger partial charge < -0.3 is 19.7 Å². The zero-order valence-corrected chi connectivity index (χ0v) is 29.6. The molecule has 0 radical (unpaired) electrons. The lowest BCUT2D eigenvalue weighted by Gasteiger charge is -2.34. The number of carbonyl (C=O) groups is 2. The van der Waals surface area contributed by atoms with Crippen LogP contribution in [0.4, 0.5) is 5.69 Å². The molecule has 1 atom stereocenters. The maximum atomic E-state index is 14.6. The van der Waals surface area contributed by atoms with E-state index < -0.39 is 28.5 Å². The van der Waals surface area contributed by atoms with Crippen LogP contribution in [0, 0.1) is 6.92 Å². The lowest BCUT2D eigenvalue weighted by molar-refractivity contribution is -0.140. The fraction of sp³-hybridized carbons (Fsp3) is 0.278. The quantitative estimate of drug-likeness (QED) is 0.148. The Hall–Kier alpha value is -4.25. The first-order valence-corrected chi connectivity index (χ1v) is 17.5. The van der Waals surface area contributed by atoms with Gasteiger partial charge in [-0.15, -0.1) is 0 Å². The zero-order chi connectivity index (χ0) is 34.8. The zero-order valence-electron chi connectivity index (χ0n) is 27.3. The number of nitrogens with one attached hydrogen (secondary N) is 1. The first-order chi connectivity index (χ1) is 23.0. The SMILES string of the molecule is CCCNC(=O)[C@@H](Cc1ccccc1)N(Cc1ccc(Cl)c(Cl)c1)C(=O)CN(c1ccc(OC)c(OC)c1)S(=O)(=O)c1ccc(C)cc1. The van der Waals surface area contributed by atoms with Crippen molar-refractivity contribution in [3.05, 3.63) is 118 Å². The summed E-state index contributed by atoms with van der Waals surface area (Å²) in [7, 11) is -1.39. The highest BCUT2D eigenvalue weighted by Crippen LogP contribution is 2.34. The van der Waals surface area contributed by atoms with Crippen molar-refractivity contribution in [3.63, 3.8) is 0 Å². The molecule has 254 valence electrons. The number of carbonyl (C=O) groups excluding carboxylic acids is 2. The third-order valence-electron chi connectivity index (χ3n) is 7.70. The summed E-state index contributed by atoms with van der Waals surface area (Å²) in [6.07, 6.45) is 0.872. The summed E-state index contributed by atoms with van der Waals surface area (Å²) < 4.78 is 40.5.